The quantitative estimate of drug-likeness (QED) is 0.793. The van der Waals surface area contributed by atoms with E-state index in [1.54, 1.807) is 11.6 Å². The molecule has 0 saturated carbocycles. The average Bonchev–Trinajstić information content (AvgIpc) is 2.85. The molecule has 0 aromatic carbocycles. The van der Waals surface area contributed by atoms with Crippen molar-refractivity contribution in [2.45, 2.75) is 11.7 Å². The number of imide groups is 1. The van der Waals surface area contributed by atoms with Crippen molar-refractivity contribution in [1.82, 2.24) is 4.98 Å². The van der Waals surface area contributed by atoms with E-state index in [0.717, 1.165) is 0 Å². The van der Waals surface area contributed by atoms with Crippen LogP contribution >= 0.6 is 23.1 Å². The third kappa shape index (κ3) is 2.11. The standard InChI is InChI=1S/C9H11N3O2S2/c10-1-3-15-6-5-7(13)12(8(6)14)9-11-2-4-16-9/h2,4,6H,1,3,5,10H2. The molecule has 1 aromatic rings. The molecule has 7 heteroatoms. The predicted octanol–water partition coefficient (Wildman–Crippen LogP) is 0.467. The number of aromatic nitrogens is 1. The number of amides is 2. The van der Waals surface area contributed by atoms with E-state index in [1.807, 2.05) is 0 Å². The summed E-state index contributed by atoms with van der Waals surface area (Å²) in [5.74, 6) is 0.350. The molecule has 2 heterocycles. The molecule has 1 unspecified atom stereocenters. The van der Waals surface area contributed by atoms with Gasteiger partial charge in [-0.25, -0.2) is 9.88 Å². The second kappa shape index (κ2) is 4.94. The minimum atomic E-state index is -0.292. The fourth-order valence-corrected chi connectivity index (χ4v) is 3.06. The minimum Gasteiger partial charge on any atom is -0.330 e. The van der Waals surface area contributed by atoms with Gasteiger partial charge in [-0.15, -0.1) is 23.1 Å². The molecule has 5 nitrogen and oxygen atoms in total. The van der Waals surface area contributed by atoms with E-state index in [-0.39, 0.29) is 23.5 Å². The minimum absolute atomic E-state index is 0.168. The van der Waals surface area contributed by atoms with Crippen molar-refractivity contribution in [1.29, 1.82) is 0 Å². The van der Waals surface area contributed by atoms with Crippen LogP contribution < -0.4 is 10.6 Å². The van der Waals surface area contributed by atoms with Gasteiger partial charge in [0.1, 0.15) is 0 Å². The Hall–Kier alpha value is -0.920. The summed E-state index contributed by atoms with van der Waals surface area (Å²) < 4.78 is 0. The first-order chi connectivity index (χ1) is 7.74. The highest BCUT2D eigenvalue weighted by molar-refractivity contribution is 8.00. The fourth-order valence-electron chi connectivity index (χ4n) is 1.47. The molecular weight excluding hydrogens is 246 g/mol. The molecule has 0 bridgehead atoms. The van der Waals surface area contributed by atoms with E-state index >= 15 is 0 Å². The van der Waals surface area contributed by atoms with E-state index in [9.17, 15) is 9.59 Å². The Kier molecular flexibility index (Phi) is 3.57. The van der Waals surface area contributed by atoms with Gasteiger partial charge in [0, 0.05) is 30.3 Å². The van der Waals surface area contributed by atoms with Crippen LogP contribution in [0.25, 0.3) is 0 Å². The molecule has 1 aromatic heterocycles. The van der Waals surface area contributed by atoms with Crippen molar-refractivity contribution in [3.8, 4) is 0 Å². The number of nitrogens with two attached hydrogens (primary N) is 1. The van der Waals surface area contributed by atoms with Crippen molar-refractivity contribution in [3.05, 3.63) is 11.6 Å². The topological polar surface area (TPSA) is 76.3 Å². The number of anilines is 1. The fraction of sp³-hybridized carbons (Fsp3) is 0.444. The predicted molar refractivity (Wildman–Crippen MR) is 64.5 cm³/mol. The molecule has 0 radical (unpaired) electrons. The van der Waals surface area contributed by atoms with Crippen LogP contribution in [-0.4, -0.2) is 34.3 Å². The summed E-state index contributed by atoms with van der Waals surface area (Å²) in [4.78, 5) is 28.8. The number of rotatable bonds is 4. The largest absolute Gasteiger partial charge is 0.330 e. The van der Waals surface area contributed by atoms with Crippen LogP contribution in [0.5, 0.6) is 0 Å². The molecule has 16 heavy (non-hydrogen) atoms. The van der Waals surface area contributed by atoms with E-state index in [2.05, 4.69) is 4.98 Å². The summed E-state index contributed by atoms with van der Waals surface area (Å²) in [6, 6.07) is 0. The molecule has 2 N–H and O–H groups in total. The first-order valence-corrected chi connectivity index (χ1v) is 6.75. The maximum Gasteiger partial charge on any atom is 0.249 e. The van der Waals surface area contributed by atoms with Gasteiger partial charge in [0.25, 0.3) is 0 Å². The lowest BCUT2D eigenvalue weighted by Crippen LogP contribution is -2.31. The SMILES string of the molecule is NCCSC1CC(=O)N(c2nccs2)C1=O. The maximum atomic E-state index is 11.9. The zero-order chi connectivity index (χ0) is 11.5. The number of hydrogen-bond acceptors (Lipinski definition) is 6. The van der Waals surface area contributed by atoms with Gasteiger partial charge in [-0.1, -0.05) is 0 Å². The molecule has 1 fully saturated rings. The van der Waals surface area contributed by atoms with Crippen molar-refractivity contribution in [2.24, 2.45) is 5.73 Å². The zero-order valence-corrected chi connectivity index (χ0v) is 10.1. The van der Waals surface area contributed by atoms with Crippen LogP contribution in [0.4, 0.5) is 5.13 Å². The number of carbonyl (C=O) groups excluding carboxylic acids is 2. The van der Waals surface area contributed by atoms with Gasteiger partial charge < -0.3 is 5.73 Å². The molecule has 1 aliphatic heterocycles. The lowest BCUT2D eigenvalue weighted by atomic mass is 10.4. The van der Waals surface area contributed by atoms with E-state index in [0.29, 0.717) is 17.4 Å². The second-order valence-electron chi connectivity index (χ2n) is 3.23. The molecule has 86 valence electrons. The van der Waals surface area contributed by atoms with Gasteiger partial charge >= 0.3 is 0 Å². The van der Waals surface area contributed by atoms with E-state index in [1.165, 1.54) is 28.0 Å². The van der Waals surface area contributed by atoms with Crippen LogP contribution in [0, 0.1) is 0 Å². The Morgan fingerprint density at radius 2 is 2.44 bits per heavy atom. The van der Waals surface area contributed by atoms with Crippen LogP contribution in [0.2, 0.25) is 0 Å². The van der Waals surface area contributed by atoms with Gasteiger partial charge in [-0.2, -0.15) is 0 Å². The summed E-state index contributed by atoms with van der Waals surface area (Å²) in [7, 11) is 0. The Morgan fingerprint density at radius 3 is 3.06 bits per heavy atom. The van der Waals surface area contributed by atoms with Gasteiger partial charge in [-0.05, 0) is 0 Å². The Balaban J connectivity index is 2.11. The third-order valence-electron chi connectivity index (χ3n) is 2.15. The lowest BCUT2D eigenvalue weighted by Gasteiger charge is -2.10. The van der Waals surface area contributed by atoms with Gasteiger partial charge in [0.05, 0.1) is 5.25 Å². The number of carbonyl (C=O) groups is 2. The first kappa shape index (κ1) is 11.6. The molecule has 2 rings (SSSR count). The average molecular weight is 257 g/mol. The summed E-state index contributed by atoms with van der Waals surface area (Å²) in [5, 5.41) is 1.92. The molecule has 1 saturated heterocycles. The molecular formula is C9H11N3O2S2. The number of hydrogen-bond donors (Lipinski definition) is 1. The lowest BCUT2D eigenvalue weighted by molar-refractivity contribution is -0.121. The van der Waals surface area contributed by atoms with Crippen molar-refractivity contribution in [2.75, 3.05) is 17.2 Å². The molecule has 0 spiro atoms. The highest BCUT2D eigenvalue weighted by atomic mass is 32.2. The highest BCUT2D eigenvalue weighted by Gasteiger charge is 2.40. The normalized spacial score (nSPS) is 20.8. The highest BCUT2D eigenvalue weighted by Crippen LogP contribution is 2.30. The summed E-state index contributed by atoms with van der Waals surface area (Å²) in [6.07, 6.45) is 1.84. The summed E-state index contributed by atoms with van der Waals surface area (Å²) in [5.41, 5.74) is 5.38. The zero-order valence-electron chi connectivity index (χ0n) is 8.46. The van der Waals surface area contributed by atoms with Crippen LogP contribution in [0.1, 0.15) is 6.42 Å². The summed E-state index contributed by atoms with van der Waals surface area (Å²) >= 11 is 2.73. The third-order valence-corrected chi connectivity index (χ3v) is 4.15. The van der Waals surface area contributed by atoms with Crippen LogP contribution in [-0.2, 0) is 9.59 Å². The summed E-state index contributed by atoms with van der Waals surface area (Å²) in [6.45, 7) is 0.514. The Bertz CT molecular complexity index is 393. The molecule has 1 aliphatic rings. The van der Waals surface area contributed by atoms with Crippen LogP contribution in [0.3, 0.4) is 0 Å². The Morgan fingerprint density at radius 1 is 1.62 bits per heavy atom. The van der Waals surface area contributed by atoms with E-state index in [4.69, 9.17) is 5.73 Å². The smallest absolute Gasteiger partial charge is 0.249 e. The Labute approximate surface area is 101 Å². The molecule has 2 amide bonds. The van der Waals surface area contributed by atoms with Gasteiger partial charge in [0.15, 0.2) is 5.13 Å². The number of nitrogens with zero attached hydrogens (tertiary/aromatic N) is 2. The van der Waals surface area contributed by atoms with Crippen molar-refractivity contribution < 1.29 is 9.59 Å². The number of thiazole rings is 1. The van der Waals surface area contributed by atoms with Crippen molar-refractivity contribution in [3.63, 3.8) is 0 Å². The second-order valence-corrected chi connectivity index (χ2v) is 5.42. The number of thioether (sulfide) groups is 1. The van der Waals surface area contributed by atoms with Crippen molar-refractivity contribution >= 4 is 40.0 Å². The molecule has 0 aliphatic carbocycles. The molecule has 1 atom stereocenters. The first-order valence-electron chi connectivity index (χ1n) is 4.82. The van der Waals surface area contributed by atoms with E-state index < -0.39 is 0 Å². The van der Waals surface area contributed by atoms with Gasteiger partial charge in [-0.3, -0.25) is 9.59 Å². The van der Waals surface area contributed by atoms with Crippen LogP contribution in [0.15, 0.2) is 11.6 Å². The maximum absolute atomic E-state index is 11.9. The monoisotopic (exact) mass is 257 g/mol. The van der Waals surface area contributed by atoms with Gasteiger partial charge in [0.2, 0.25) is 11.8 Å².